The first kappa shape index (κ1) is 14.5. The van der Waals surface area contributed by atoms with E-state index in [9.17, 15) is 13.9 Å². The zero-order valence-electron chi connectivity index (χ0n) is 11.2. The summed E-state index contributed by atoms with van der Waals surface area (Å²) in [7, 11) is 0. The highest BCUT2D eigenvalue weighted by Crippen LogP contribution is 2.41. The van der Waals surface area contributed by atoms with Gasteiger partial charge in [0.05, 0.1) is 10.1 Å². The van der Waals surface area contributed by atoms with Crippen LogP contribution in [0.15, 0.2) is 34.8 Å². The molecule has 3 rings (SSSR count). The summed E-state index contributed by atoms with van der Waals surface area (Å²) in [6, 6.07) is 7.77. The van der Waals surface area contributed by atoms with Crippen LogP contribution in [0.4, 0.5) is 14.5 Å². The molecule has 0 saturated carbocycles. The molecular formula is C16H14BrF2NO. The summed E-state index contributed by atoms with van der Waals surface area (Å²) < 4.78 is 28.2. The fourth-order valence-electron chi connectivity index (χ4n) is 2.96. The molecule has 0 heterocycles. The van der Waals surface area contributed by atoms with Gasteiger partial charge in [0.1, 0.15) is 11.6 Å². The summed E-state index contributed by atoms with van der Waals surface area (Å²) in [5.41, 5.74) is 6.64. The molecule has 5 heteroatoms. The Morgan fingerprint density at radius 1 is 1.24 bits per heavy atom. The van der Waals surface area contributed by atoms with Crippen LogP contribution in [-0.4, -0.2) is 5.11 Å². The van der Waals surface area contributed by atoms with Crippen LogP contribution in [0.25, 0.3) is 0 Å². The van der Waals surface area contributed by atoms with Crippen molar-refractivity contribution in [3.05, 3.63) is 63.1 Å². The van der Waals surface area contributed by atoms with Crippen molar-refractivity contribution in [3.8, 4) is 0 Å². The summed E-state index contributed by atoms with van der Waals surface area (Å²) in [6.07, 6.45) is 0.978. The van der Waals surface area contributed by atoms with Gasteiger partial charge in [-0.05, 0) is 64.2 Å². The number of anilines is 1. The number of halogens is 3. The minimum absolute atomic E-state index is 0.0962. The van der Waals surface area contributed by atoms with E-state index < -0.39 is 17.2 Å². The average molecular weight is 354 g/mol. The summed E-state index contributed by atoms with van der Waals surface area (Å²) in [6.45, 7) is 0. The number of aryl methyl sites for hydroxylation is 1. The van der Waals surface area contributed by atoms with Crippen LogP contribution in [0.2, 0.25) is 0 Å². The molecule has 0 amide bonds. The molecule has 0 fully saturated rings. The molecule has 0 aromatic heterocycles. The van der Waals surface area contributed by atoms with E-state index in [1.54, 1.807) is 18.2 Å². The Hall–Kier alpha value is -1.46. The van der Waals surface area contributed by atoms with Gasteiger partial charge < -0.3 is 10.8 Å². The summed E-state index contributed by atoms with van der Waals surface area (Å²) in [5, 5.41) is 10.8. The molecule has 0 radical (unpaired) electrons. The minimum Gasteiger partial charge on any atom is -0.399 e. The van der Waals surface area contributed by atoms with E-state index in [2.05, 4.69) is 15.9 Å². The van der Waals surface area contributed by atoms with Crippen molar-refractivity contribution in [1.82, 2.24) is 0 Å². The lowest BCUT2D eigenvalue weighted by molar-refractivity contribution is 0.0371. The zero-order valence-corrected chi connectivity index (χ0v) is 12.8. The molecule has 0 aliphatic heterocycles. The molecule has 1 atom stereocenters. The van der Waals surface area contributed by atoms with Crippen molar-refractivity contribution in [1.29, 1.82) is 0 Å². The molecule has 2 aromatic carbocycles. The molecule has 0 saturated heterocycles. The second-order valence-corrected chi connectivity index (χ2v) is 6.30. The maximum atomic E-state index is 14.1. The van der Waals surface area contributed by atoms with E-state index in [4.69, 9.17) is 5.73 Å². The lowest BCUT2D eigenvalue weighted by Gasteiger charge is -2.25. The highest BCUT2D eigenvalue weighted by Gasteiger charge is 2.38. The number of benzene rings is 2. The number of nitrogen functional groups attached to an aromatic ring is 1. The van der Waals surface area contributed by atoms with Crippen molar-refractivity contribution in [2.45, 2.75) is 24.9 Å². The number of hydrogen-bond acceptors (Lipinski definition) is 2. The fraction of sp³-hybridized carbons (Fsp3) is 0.250. The van der Waals surface area contributed by atoms with Crippen molar-refractivity contribution >= 4 is 21.6 Å². The third-order valence-corrected chi connectivity index (χ3v) is 4.66. The van der Waals surface area contributed by atoms with Gasteiger partial charge >= 0.3 is 0 Å². The Bertz CT molecular complexity index is 720. The number of aliphatic hydroxyl groups is 1. The summed E-state index contributed by atoms with van der Waals surface area (Å²) in [5.74, 6) is -1.31. The van der Waals surface area contributed by atoms with Crippen molar-refractivity contribution in [2.24, 2.45) is 0 Å². The van der Waals surface area contributed by atoms with E-state index in [0.717, 1.165) is 5.56 Å². The lowest BCUT2D eigenvalue weighted by Crippen LogP contribution is -2.26. The van der Waals surface area contributed by atoms with Crippen LogP contribution in [-0.2, 0) is 18.4 Å². The first-order valence-corrected chi connectivity index (χ1v) is 7.44. The van der Waals surface area contributed by atoms with Gasteiger partial charge in [-0.1, -0.05) is 6.07 Å². The average Bonchev–Trinajstić information content (AvgIpc) is 2.76. The van der Waals surface area contributed by atoms with Crippen molar-refractivity contribution in [2.75, 3.05) is 5.73 Å². The molecule has 2 nitrogen and oxygen atoms in total. The van der Waals surface area contributed by atoms with Crippen LogP contribution in [0.3, 0.4) is 0 Å². The van der Waals surface area contributed by atoms with E-state index in [-0.39, 0.29) is 16.5 Å². The number of hydrogen-bond donors (Lipinski definition) is 2. The van der Waals surface area contributed by atoms with E-state index in [0.29, 0.717) is 24.1 Å². The van der Waals surface area contributed by atoms with Gasteiger partial charge in [-0.3, -0.25) is 0 Å². The number of nitrogens with two attached hydrogens (primary N) is 1. The van der Waals surface area contributed by atoms with E-state index in [1.807, 2.05) is 0 Å². The highest BCUT2D eigenvalue weighted by molar-refractivity contribution is 9.10. The number of rotatable bonds is 2. The summed E-state index contributed by atoms with van der Waals surface area (Å²) in [4.78, 5) is 0. The predicted octanol–water partition coefficient (Wildman–Crippen LogP) is 3.69. The van der Waals surface area contributed by atoms with Crippen LogP contribution in [0.1, 0.15) is 23.1 Å². The monoisotopic (exact) mass is 353 g/mol. The molecular weight excluding hydrogens is 340 g/mol. The fourth-order valence-corrected chi connectivity index (χ4v) is 3.33. The molecule has 110 valence electrons. The van der Waals surface area contributed by atoms with Crippen LogP contribution >= 0.6 is 15.9 Å². The van der Waals surface area contributed by atoms with Gasteiger partial charge in [-0.25, -0.2) is 8.78 Å². The van der Waals surface area contributed by atoms with E-state index in [1.165, 1.54) is 12.1 Å². The molecule has 3 N–H and O–H groups in total. The van der Waals surface area contributed by atoms with Gasteiger partial charge in [0.25, 0.3) is 0 Å². The van der Waals surface area contributed by atoms with Crippen molar-refractivity contribution in [3.63, 3.8) is 0 Å². The first-order valence-electron chi connectivity index (χ1n) is 6.64. The SMILES string of the molecule is Nc1ccc2c(c1)CCC2(O)Cc1c(F)ccc(Br)c1F. The maximum absolute atomic E-state index is 14.1. The topological polar surface area (TPSA) is 46.2 Å². The van der Waals surface area contributed by atoms with E-state index >= 15 is 0 Å². The van der Waals surface area contributed by atoms with Gasteiger partial charge in [-0.15, -0.1) is 0 Å². The molecule has 0 bridgehead atoms. The second kappa shape index (κ2) is 5.07. The first-order chi connectivity index (χ1) is 9.90. The Balaban J connectivity index is 2.02. The normalized spacial score (nSPS) is 20.6. The zero-order chi connectivity index (χ0) is 15.2. The lowest BCUT2D eigenvalue weighted by atomic mass is 9.88. The largest absolute Gasteiger partial charge is 0.399 e. The molecule has 1 aliphatic carbocycles. The Labute approximate surface area is 129 Å². The molecule has 1 unspecified atom stereocenters. The van der Waals surface area contributed by atoms with Crippen molar-refractivity contribution < 1.29 is 13.9 Å². The summed E-state index contributed by atoms with van der Waals surface area (Å²) >= 11 is 3.05. The quantitative estimate of drug-likeness (QED) is 0.638. The van der Waals surface area contributed by atoms with Gasteiger partial charge in [0.15, 0.2) is 0 Å². The Morgan fingerprint density at radius 2 is 2.00 bits per heavy atom. The van der Waals surface area contributed by atoms with Gasteiger partial charge in [-0.2, -0.15) is 0 Å². The molecule has 21 heavy (non-hydrogen) atoms. The third-order valence-electron chi connectivity index (χ3n) is 4.05. The molecule has 0 spiro atoms. The van der Waals surface area contributed by atoms with Crippen LogP contribution in [0, 0.1) is 11.6 Å². The third kappa shape index (κ3) is 2.45. The van der Waals surface area contributed by atoms with Crippen LogP contribution < -0.4 is 5.73 Å². The predicted molar refractivity (Wildman–Crippen MR) is 80.8 cm³/mol. The Morgan fingerprint density at radius 3 is 2.76 bits per heavy atom. The highest BCUT2D eigenvalue weighted by atomic mass is 79.9. The molecule has 2 aromatic rings. The van der Waals surface area contributed by atoms with Gasteiger partial charge in [0.2, 0.25) is 0 Å². The van der Waals surface area contributed by atoms with Gasteiger partial charge in [0, 0.05) is 17.7 Å². The Kier molecular flexibility index (Phi) is 3.50. The second-order valence-electron chi connectivity index (χ2n) is 5.45. The molecule has 1 aliphatic rings. The smallest absolute Gasteiger partial charge is 0.143 e. The minimum atomic E-state index is -1.26. The standard InChI is InChI=1S/C16H14BrF2NO/c17-13-3-4-14(18)11(15(13)19)8-16(21)6-5-9-7-10(20)1-2-12(9)16/h1-4,7,21H,5-6,8,20H2. The van der Waals surface area contributed by atoms with Crippen LogP contribution in [0.5, 0.6) is 0 Å². The number of fused-ring (bicyclic) bond motifs is 1. The maximum Gasteiger partial charge on any atom is 0.143 e.